The summed E-state index contributed by atoms with van der Waals surface area (Å²) in [5.74, 6) is 0.399. The Balaban J connectivity index is 1.45. The third-order valence-electron chi connectivity index (χ3n) is 5.10. The van der Waals surface area contributed by atoms with E-state index < -0.39 is 6.04 Å². The monoisotopic (exact) mass is 468 g/mol. The fraction of sp³-hybridized carbons (Fsp3) is 0.227. The normalized spacial score (nSPS) is 15.8. The summed E-state index contributed by atoms with van der Waals surface area (Å²) >= 11 is 3.37. The molecule has 1 fully saturated rings. The molecule has 3 aromatic rings. The van der Waals surface area contributed by atoms with Crippen LogP contribution in [0.15, 0.2) is 65.4 Å². The molecule has 0 aliphatic carbocycles. The number of amides is 2. The zero-order valence-electron chi connectivity index (χ0n) is 16.4. The van der Waals surface area contributed by atoms with E-state index in [1.165, 1.54) is 0 Å². The van der Waals surface area contributed by atoms with Gasteiger partial charge < -0.3 is 15.0 Å². The predicted molar refractivity (Wildman–Crippen MR) is 117 cm³/mol. The molecule has 2 aromatic carbocycles. The molecular weight excluding hydrogens is 448 g/mol. The first-order valence-corrected chi connectivity index (χ1v) is 10.4. The van der Waals surface area contributed by atoms with Gasteiger partial charge in [0.1, 0.15) is 11.8 Å². The Morgan fingerprint density at radius 3 is 2.50 bits per heavy atom. The Labute approximate surface area is 182 Å². The second-order valence-electron chi connectivity index (χ2n) is 7.02. The van der Waals surface area contributed by atoms with Crippen LogP contribution in [0.2, 0.25) is 0 Å². The third kappa shape index (κ3) is 4.23. The van der Waals surface area contributed by atoms with Gasteiger partial charge in [-0.3, -0.25) is 9.59 Å². The number of carbonyl (C=O) groups is 2. The minimum Gasteiger partial charge on any atom is -0.497 e. The molecule has 0 saturated carbocycles. The number of ether oxygens (including phenoxy) is 1. The van der Waals surface area contributed by atoms with E-state index in [1.807, 2.05) is 18.3 Å². The quantitative estimate of drug-likeness (QED) is 0.616. The number of rotatable bonds is 5. The van der Waals surface area contributed by atoms with E-state index in [-0.39, 0.29) is 11.8 Å². The number of aromatic nitrogens is 2. The number of likely N-dealkylation sites (tertiary alicyclic amines) is 1. The fourth-order valence-corrected chi connectivity index (χ4v) is 3.83. The van der Waals surface area contributed by atoms with Gasteiger partial charge >= 0.3 is 0 Å². The lowest BCUT2D eigenvalue weighted by atomic mass is 10.1. The van der Waals surface area contributed by atoms with Crippen LogP contribution in [0.25, 0.3) is 5.69 Å². The number of anilines is 1. The van der Waals surface area contributed by atoms with Crippen molar-refractivity contribution in [2.24, 2.45) is 0 Å². The van der Waals surface area contributed by atoms with Crippen molar-refractivity contribution in [3.05, 3.63) is 71.0 Å². The summed E-state index contributed by atoms with van der Waals surface area (Å²) in [7, 11) is 1.59. The Hall–Kier alpha value is -3.13. The Bertz CT molecular complexity index is 1050. The number of nitrogens with one attached hydrogen (secondary N) is 1. The van der Waals surface area contributed by atoms with Gasteiger partial charge in [0.2, 0.25) is 5.91 Å². The van der Waals surface area contributed by atoms with Gasteiger partial charge in [-0.25, -0.2) is 4.68 Å². The molecule has 8 heteroatoms. The first kappa shape index (κ1) is 20.2. The molecule has 1 unspecified atom stereocenters. The van der Waals surface area contributed by atoms with Crippen molar-refractivity contribution < 1.29 is 14.3 Å². The van der Waals surface area contributed by atoms with E-state index in [0.717, 1.165) is 22.3 Å². The predicted octanol–water partition coefficient (Wildman–Crippen LogP) is 3.89. The van der Waals surface area contributed by atoms with Gasteiger partial charge in [-0.05, 0) is 77.3 Å². The van der Waals surface area contributed by atoms with E-state index in [4.69, 9.17) is 4.74 Å². The molecule has 1 aromatic heterocycles. The second-order valence-corrected chi connectivity index (χ2v) is 7.94. The highest BCUT2D eigenvalue weighted by atomic mass is 79.9. The molecule has 154 valence electrons. The molecule has 1 aliphatic rings. The van der Waals surface area contributed by atoms with E-state index in [1.54, 1.807) is 59.3 Å². The van der Waals surface area contributed by atoms with E-state index in [0.29, 0.717) is 24.2 Å². The van der Waals surface area contributed by atoms with Gasteiger partial charge in [0.15, 0.2) is 0 Å². The molecular formula is C22H21BrN4O3. The summed E-state index contributed by atoms with van der Waals surface area (Å²) in [4.78, 5) is 27.5. The van der Waals surface area contributed by atoms with Crippen molar-refractivity contribution in [1.29, 1.82) is 0 Å². The number of carbonyl (C=O) groups excluding carboxylic acids is 2. The lowest BCUT2D eigenvalue weighted by molar-refractivity contribution is -0.119. The summed E-state index contributed by atoms with van der Waals surface area (Å²) in [5, 5.41) is 7.14. The molecule has 2 amide bonds. The van der Waals surface area contributed by atoms with Crippen molar-refractivity contribution in [2.75, 3.05) is 19.0 Å². The topological polar surface area (TPSA) is 76.5 Å². The minimum absolute atomic E-state index is 0.143. The SMILES string of the molecule is COc1ccc(NC(=O)C2CCCN2C(=O)c2ccc(-n3cc(Br)cn3)cc2)cc1. The number of nitrogens with zero attached hydrogens (tertiary/aromatic N) is 3. The van der Waals surface area contributed by atoms with Crippen molar-refractivity contribution in [3.63, 3.8) is 0 Å². The van der Waals surface area contributed by atoms with Crippen LogP contribution in [0.5, 0.6) is 5.75 Å². The second kappa shape index (κ2) is 8.71. The standard InChI is InChI=1S/C22H21BrN4O3/c1-30-19-10-6-17(7-11-19)25-21(28)20-3-2-12-26(20)22(29)15-4-8-18(9-5-15)27-14-16(23)13-24-27/h4-11,13-14,20H,2-3,12H2,1H3,(H,25,28). The molecule has 7 nitrogen and oxygen atoms in total. The molecule has 30 heavy (non-hydrogen) atoms. The molecule has 1 atom stereocenters. The smallest absolute Gasteiger partial charge is 0.254 e. The van der Waals surface area contributed by atoms with Crippen LogP contribution < -0.4 is 10.1 Å². The van der Waals surface area contributed by atoms with Crippen LogP contribution in [0, 0.1) is 0 Å². The van der Waals surface area contributed by atoms with Gasteiger partial charge in [-0.1, -0.05) is 0 Å². The van der Waals surface area contributed by atoms with Gasteiger partial charge in [0.25, 0.3) is 5.91 Å². The summed E-state index contributed by atoms with van der Waals surface area (Å²) in [5.41, 5.74) is 2.08. The first-order chi connectivity index (χ1) is 14.5. The van der Waals surface area contributed by atoms with Gasteiger partial charge in [-0.15, -0.1) is 0 Å². The Morgan fingerprint density at radius 1 is 1.13 bits per heavy atom. The number of benzene rings is 2. The summed E-state index contributed by atoms with van der Waals surface area (Å²) in [6, 6.07) is 13.9. The van der Waals surface area contributed by atoms with E-state index in [9.17, 15) is 9.59 Å². The van der Waals surface area contributed by atoms with Crippen LogP contribution >= 0.6 is 15.9 Å². The maximum absolute atomic E-state index is 13.0. The lowest BCUT2D eigenvalue weighted by Crippen LogP contribution is -2.43. The zero-order chi connectivity index (χ0) is 21.1. The molecule has 0 bridgehead atoms. The molecule has 0 spiro atoms. The fourth-order valence-electron chi connectivity index (χ4n) is 3.55. The van der Waals surface area contributed by atoms with Gasteiger partial charge in [0.05, 0.1) is 23.5 Å². The highest BCUT2D eigenvalue weighted by molar-refractivity contribution is 9.10. The van der Waals surface area contributed by atoms with Crippen molar-refractivity contribution in [1.82, 2.24) is 14.7 Å². The molecule has 1 aliphatic heterocycles. The summed E-state index contributed by atoms with van der Waals surface area (Å²) < 4.78 is 7.74. The number of hydrogen-bond donors (Lipinski definition) is 1. The van der Waals surface area contributed by atoms with Gasteiger partial charge in [-0.2, -0.15) is 5.10 Å². The average Bonchev–Trinajstić information content (AvgIpc) is 3.43. The van der Waals surface area contributed by atoms with Crippen LogP contribution in [-0.4, -0.2) is 46.2 Å². The zero-order valence-corrected chi connectivity index (χ0v) is 18.0. The average molecular weight is 469 g/mol. The van der Waals surface area contributed by atoms with Crippen LogP contribution in [-0.2, 0) is 4.79 Å². The largest absolute Gasteiger partial charge is 0.497 e. The Kier molecular flexibility index (Phi) is 5.85. The molecule has 2 heterocycles. The molecule has 4 rings (SSSR count). The number of methoxy groups -OCH3 is 1. The minimum atomic E-state index is -0.485. The number of halogens is 1. The molecule has 1 N–H and O–H groups in total. The van der Waals surface area contributed by atoms with Crippen LogP contribution in [0.4, 0.5) is 5.69 Å². The maximum atomic E-state index is 13.0. The van der Waals surface area contributed by atoms with E-state index >= 15 is 0 Å². The highest BCUT2D eigenvalue weighted by Gasteiger charge is 2.34. The van der Waals surface area contributed by atoms with Crippen molar-refractivity contribution >= 4 is 33.4 Å². The molecule has 0 radical (unpaired) electrons. The maximum Gasteiger partial charge on any atom is 0.254 e. The van der Waals surface area contributed by atoms with Crippen LogP contribution in [0.3, 0.4) is 0 Å². The number of hydrogen-bond acceptors (Lipinski definition) is 4. The first-order valence-electron chi connectivity index (χ1n) is 9.61. The summed E-state index contributed by atoms with van der Waals surface area (Å²) in [6.07, 6.45) is 4.99. The van der Waals surface area contributed by atoms with Crippen LogP contribution in [0.1, 0.15) is 23.2 Å². The van der Waals surface area contributed by atoms with Crippen molar-refractivity contribution in [3.8, 4) is 11.4 Å². The van der Waals surface area contributed by atoms with E-state index in [2.05, 4.69) is 26.3 Å². The highest BCUT2D eigenvalue weighted by Crippen LogP contribution is 2.23. The van der Waals surface area contributed by atoms with Crippen molar-refractivity contribution in [2.45, 2.75) is 18.9 Å². The summed E-state index contributed by atoms with van der Waals surface area (Å²) in [6.45, 7) is 0.563. The lowest BCUT2D eigenvalue weighted by Gasteiger charge is -2.24. The van der Waals surface area contributed by atoms with Gasteiger partial charge in [0, 0.05) is 24.0 Å². The Morgan fingerprint density at radius 2 is 1.87 bits per heavy atom. The molecule has 1 saturated heterocycles. The third-order valence-corrected chi connectivity index (χ3v) is 5.51.